The van der Waals surface area contributed by atoms with E-state index >= 15 is 0 Å². The number of rotatable bonds is 5. The molecule has 0 fully saturated rings. The first kappa shape index (κ1) is 13.4. The Kier molecular flexibility index (Phi) is 4.42. The van der Waals surface area contributed by atoms with Crippen LogP contribution >= 0.6 is 0 Å². The number of nitrogens with two attached hydrogens (primary N) is 1. The van der Waals surface area contributed by atoms with E-state index in [4.69, 9.17) is 15.2 Å². The van der Waals surface area contributed by atoms with E-state index in [1.807, 2.05) is 43.3 Å². The maximum Gasteiger partial charge on any atom is 0.127 e. The molecule has 3 heteroatoms. The molecule has 0 aliphatic heterocycles. The molecule has 0 radical (unpaired) electrons. The van der Waals surface area contributed by atoms with Gasteiger partial charge in [0.15, 0.2) is 0 Å². The predicted octanol–water partition coefficient (Wildman–Crippen LogP) is 3.27. The van der Waals surface area contributed by atoms with E-state index in [1.165, 1.54) is 0 Å². The van der Waals surface area contributed by atoms with Crippen LogP contribution in [0, 0.1) is 6.92 Å². The Hall–Kier alpha value is -2.00. The number of benzene rings is 2. The molecule has 0 aromatic heterocycles. The molecule has 100 valence electrons. The van der Waals surface area contributed by atoms with Crippen molar-refractivity contribution < 1.29 is 9.47 Å². The van der Waals surface area contributed by atoms with Crippen molar-refractivity contribution in [1.29, 1.82) is 0 Å². The summed E-state index contributed by atoms with van der Waals surface area (Å²) in [6.07, 6.45) is 0. The van der Waals surface area contributed by atoms with Crippen LogP contribution in [0.1, 0.15) is 5.56 Å². The van der Waals surface area contributed by atoms with Crippen LogP contribution in [0.3, 0.4) is 0 Å². The Labute approximate surface area is 114 Å². The van der Waals surface area contributed by atoms with Gasteiger partial charge in [0.05, 0.1) is 6.61 Å². The molecule has 2 N–H and O–H groups in total. The van der Waals surface area contributed by atoms with Crippen molar-refractivity contribution in [3.8, 4) is 16.9 Å². The smallest absolute Gasteiger partial charge is 0.127 e. The fraction of sp³-hybridized carbons (Fsp3) is 0.250. The van der Waals surface area contributed by atoms with E-state index in [-0.39, 0.29) is 0 Å². The van der Waals surface area contributed by atoms with Gasteiger partial charge in [0.1, 0.15) is 12.4 Å². The largest absolute Gasteiger partial charge is 0.491 e. The molecule has 2 aromatic rings. The molecule has 0 spiro atoms. The second kappa shape index (κ2) is 6.25. The van der Waals surface area contributed by atoms with Crippen LogP contribution in [0.5, 0.6) is 5.75 Å². The van der Waals surface area contributed by atoms with Crippen LogP contribution in [0.4, 0.5) is 5.69 Å². The minimum absolute atomic E-state index is 0.537. The normalized spacial score (nSPS) is 10.4. The van der Waals surface area contributed by atoms with E-state index in [9.17, 15) is 0 Å². The first-order valence-electron chi connectivity index (χ1n) is 6.29. The van der Waals surface area contributed by atoms with Gasteiger partial charge in [-0.1, -0.05) is 24.3 Å². The van der Waals surface area contributed by atoms with Crippen molar-refractivity contribution in [2.45, 2.75) is 6.92 Å². The van der Waals surface area contributed by atoms with Gasteiger partial charge in [-0.3, -0.25) is 0 Å². The molecule has 3 nitrogen and oxygen atoms in total. The lowest BCUT2D eigenvalue weighted by molar-refractivity contribution is 0.146. The number of nitrogen functional groups attached to an aromatic ring is 1. The molecule has 0 bridgehead atoms. The summed E-state index contributed by atoms with van der Waals surface area (Å²) in [5.41, 5.74) is 9.94. The number of anilines is 1. The van der Waals surface area contributed by atoms with Crippen LogP contribution in [-0.4, -0.2) is 20.3 Å². The van der Waals surface area contributed by atoms with Crippen molar-refractivity contribution in [2.75, 3.05) is 26.1 Å². The minimum Gasteiger partial charge on any atom is -0.491 e. The third-order valence-corrected chi connectivity index (χ3v) is 2.84. The Bertz CT molecular complexity index is 532. The number of ether oxygens (including phenoxy) is 2. The summed E-state index contributed by atoms with van der Waals surface area (Å²) < 4.78 is 10.7. The summed E-state index contributed by atoms with van der Waals surface area (Å²) in [6.45, 7) is 3.15. The van der Waals surface area contributed by atoms with Gasteiger partial charge in [-0.25, -0.2) is 0 Å². The quantitative estimate of drug-likeness (QED) is 0.660. The zero-order chi connectivity index (χ0) is 13.7. The number of aryl methyl sites for hydroxylation is 1. The summed E-state index contributed by atoms with van der Waals surface area (Å²) in [6, 6.07) is 14.0. The molecule has 19 heavy (non-hydrogen) atoms. The average Bonchev–Trinajstić information content (AvgIpc) is 2.38. The van der Waals surface area contributed by atoms with Gasteiger partial charge >= 0.3 is 0 Å². The number of hydrogen-bond acceptors (Lipinski definition) is 3. The average molecular weight is 257 g/mol. The second-order valence-corrected chi connectivity index (χ2v) is 4.47. The Morgan fingerprint density at radius 3 is 2.58 bits per heavy atom. The third-order valence-electron chi connectivity index (χ3n) is 2.84. The fourth-order valence-electron chi connectivity index (χ4n) is 2.03. The van der Waals surface area contributed by atoms with Crippen molar-refractivity contribution >= 4 is 5.69 Å². The molecule has 0 amide bonds. The summed E-state index contributed by atoms with van der Waals surface area (Å²) >= 11 is 0. The molecule has 0 aliphatic rings. The van der Waals surface area contributed by atoms with Crippen LogP contribution in [-0.2, 0) is 4.74 Å². The lowest BCUT2D eigenvalue weighted by Gasteiger charge is -2.12. The van der Waals surface area contributed by atoms with Crippen molar-refractivity contribution in [2.24, 2.45) is 0 Å². The topological polar surface area (TPSA) is 44.5 Å². The molecule has 0 saturated carbocycles. The lowest BCUT2D eigenvalue weighted by atomic mass is 10.0. The molecular formula is C16H19NO2. The molecular weight excluding hydrogens is 238 g/mol. The SMILES string of the molecule is COCCOc1ccccc1-c1cc(C)cc(N)c1. The molecule has 0 aliphatic carbocycles. The maximum absolute atomic E-state index is 5.91. The summed E-state index contributed by atoms with van der Waals surface area (Å²) in [4.78, 5) is 0. The fourth-order valence-corrected chi connectivity index (χ4v) is 2.03. The highest BCUT2D eigenvalue weighted by atomic mass is 16.5. The predicted molar refractivity (Wildman–Crippen MR) is 78.4 cm³/mol. The van der Waals surface area contributed by atoms with Gasteiger partial charge in [0.2, 0.25) is 0 Å². The molecule has 0 atom stereocenters. The number of para-hydroxylation sites is 1. The van der Waals surface area contributed by atoms with E-state index < -0.39 is 0 Å². The Balaban J connectivity index is 2.32. The Morgan fingerprint density at radius 2 is 1.84 bits per heavy atom. The van der Waals surface area contributed by atoms with Crippen molar-refractivity contribution in [1.82, 2.24) is 0 Å². The molecule has 0 unspecified atom stereocenters. The van der Waals surface area contributed by atoms with Gasteiger partial charge in [0.25, 0.3) is 0 Å². The standard InChI is InChI=1S/C16H19NO2/c1-12-9-13(11-14(17)10-12)15-5-3-4-6-16(15)19-8-7-18-2/h3-6,9-11H,7-8,17H2,1-2H3. The molecule has 2 rings (SSSR count). The maximum atomic E-state index is 5.91. The lowest BCUT2D eigenvalue weighted by Crippen LogP contribution is -2.05. The van der Waals surface area contributed by atoms with Gasteiger partial charge in [0, 0.05) is 18.4 Å². The Morgan fingerprint density at radius 1 is 1.05 bits per heavy atom. The zero-order valence-corrected chi connectivity index (χ0v) is 11.3. The highest BCUT2D eigenvalue weighted by molar-refractivity contribution is 5.73. The van der Waals surface area contributed by atoms with E-state index in [2.05, 4.69) is 6.07 Å². The van der Waals surface area contributed by atoms with Gasteiger partial charge in [-0.15, -0.1) is 0 Å². The number of methoxy groups -OCH3 is 1. The van der Waals surface area contributed by atoms with E-state index in [0.717, 1.165) is 28.1 Å². The van der Waals surface area contributed by atoms with Gasteiger partial charge in [-0.2, -0.15) is 0 Å². The van der Waals surface area contributed by atoms with E-state index in [1.54, 1.807) is 7.11 Å². The van der Waals surface area contributed by atoms with Crippen LogP contribution in [0.2, 0.25) is 0 Å². The zero-order valence-electron chi connectivity index (χ0n) is 11.3. The summed E-state index contributed by atoms with van der Waals surface area (Å²) in [5.74, 6) is 0.851. The minimum atomic E-state index is 0.537. The first-order valence-corrected chi connectivity index (χ1v) is 6.29. The number of hydrogen-bond donors (Lipinski definition) is 1. The highest BCUT2D eigenvalue weighted by Crippen LogP contribution is 2.31. The van der Waals surface area contributed by atoms with Gasteiger partial charge < -0.3 is 15.2 Å². The molecule has 0 heterocycles. The van der Waals surface area contributed by atoms with Crippen molar-refractivity contribution in [3.05, 3.63) is 48.0 Å². The molecule has 2 aromatic carbocycles. The van der Waals surface area contributed by atoms with Crippen LogP contribution in [0.15, 0.2) is 42.5 Å². The highest BCUT2D eigenvalue weighted by Gasteiger charge is 2.06. The molecule has 0 saturated heterocycles. The summed E-state index contributed by atoms with van der Waals surface area (Å²) in [7, 11) is 1.66. The monoisotopic (exact) mass is 257 g/mol. The van der Waals surface area contributed by atoms with Crippen molar-refractivity contribution in [3.63, 3.8) is 0 Å². The second-order valence-electron chi connectivity index (χ2n) is 4.47. The van der Waals surface area contributed by atoms with Crippen LogP contribution < -0.4 is 10.5 Å². The summed E-state index contributed by atoms with van der Waals surface area (Å²) in [5, 5.41) is 0. The third kappa shape index (κ3) is 3.48. The van der Waals surface area contributed by atoms with Gasteiger partial charge in [-0.05, 0) is 36.2 Å². The van der Waals surface area contributed by atoms with E-state index in [0.29, 0.717) is 13.2 Å². The first-order chi connectivity index (χ1) is 9.20. The van der Waals surface area contributed by atoms with Crippen LogP contribution in [0.25, 0.3) is 11.1 Å².